The van der Waals surface area contributed by atoms with Crippen LogP contribution in [0, 0.1) is 0 Å². The Labute approximate surface area is 214 Å². The molecule has 194 valence electrons. The van der Waals surface area contributed by atoms with Crippen molar-refractivity contribution in [2.24, 2.45) is 0 Å². The molecule has 0 saturated heterocycles. The summed E-state index contributed by atoms with van der Waals surface area (Å²) in [6, 6.07) is 23.6. The fourth-order valence-corrected chi connectivity index (χ4v) is 3.80. The molecule has 0 aliphatic rings. The van der Waals surface area contributed by atoms with Gasteiger partial charge in [-0.1, -0.05) is 24.3 Å². The zero-order chi connectivity index (χ0) is 25.6. The van der Waals surface area contributed by atoms with Gasteiger partial charge in [-0.25, -0.2) is 0 Å². The molecule has 0 aliphatic carbocycles. The van der Waals surface area contributed by atoms with Crippen molar-refractivity contribution in [1.29, 1.82) is 0 Å². The lowest BCUT2D eigenvalue weighted by Crippen LogP contribution is -2.26. The molecular weight excluding hydrogens is 454 g/mol. The molecule has 0 saturated carbocycles. The van der Waals surface area contributed by atoms with Gasteiger partial charge in [-0.3, -0.25) is 0 Å². The van der Waals surface area contributed by atoms with Gasteiger partial charge in [0.1, 0.15) is 30.0 Å². The van der Waals surface area contributed by atoms with Gasteiger partial charge in [0, 0.05) is 12.2 Å². The number of anilines is 1. The Balaban J connectivity index is 1.31. The number of hydrogen-bond donors (Lipinski definition) is 3. The van der Waals surface area contributed by atoms with E-state index in [0.29, 0.717) is 26.2 Å². The first kappa shape index (κ1) is 27.4. The summed E-state index contributed by atoms with van der Waals surface area (Å²) in [5, 5.41) is 23.8. The minimum absolute atomic E-state index is 0.202. The maximum Gasteiger partial charge on any atom is 0.119 e. The maximum absolute atomic E-state index is 10.4. The van der Waals surface area contributed by atoms with E-state index >= 15 is 0 Å². The van der Waals surface area contributed by atoms with Crippen LogP contribution in [0.2, 0.25) is 0 Å². The number of hydrogen-bond acceptors (Lipinski definition) is 6. The number of ether oxygens (including phenoxy) is 3. The van der Waals surface area contributed by atoms with Crippen molar-refractivity contribution in [1.82, 2.24) is 0 Å². The van der Waals surface area contributed by atoms with Crippen molar-refractivity contribution in [3.63, 3.8) is 0 Å². The molecule has 0 aromatic heterocycles. The van der Waals surface area contributed by atoms with E-state index < -0.39 is 6.10 Å². The van der Waals surface area contributed by atoms with Crippen LogP contribution in [0.3, 0.4) is 0 Å². The molecule has 36 heavy (non-hydrogen) atoms. The highest BCUT2D eigenvalue weighted by atomic mass is 16.5. The Morgan fingerprint density at radius 3 is 1.53 bits per heavy atom. The summed E-state index contributed by atoms with van der Waals surface area (Å²) in [4.78, 5) is 0. The topological polar surface area (TPSA) is 80.2 Å². The Morgan fingerprint density at radius 1 is 0.611 bits per heavy atom. The van der Waals surface area contributed by atoms with Crippen molar-refractivity contribution >= 4 is 5.69 Å². The third kappa shape index (κ3) is 9.80. The number of aryl methyl sites for hydroxylation is 2. The molecule has 0 fully saturated rings. The van der Waals surface area contributed by atoms with Crippen LogP contribution in [0.1, 0.15) is 37.8 Å². The first-order chi connectivity index (χ1) is 17.6. The molecule has 3 aromatic rings. The first-order valence-electron chi connectivity index (χ1n) is 12.8. The first-order valence-corrected chi connectivity index (χ1v) is 12.8. The highest BCUT2D eigenvalue weighted by Gasteiger charge is 2.08. The number of aliphatic hydroxyl groups excluding tert-OH is 2. The Morgan fingerprint density at radius 2 is 1.06 bits per heavy atom. The van der Waals surface area contributed by atoms with Crippen LogP contribution < -0.4 is 19.5 Å². The quantitative estimate of drug-likeness (QED) is 0.253. The van der Waals surface area contributed by atoms with E-state index in [4.69, 9.17) is 14.2 Å². The minimum Gasteiger partial charge on any atom is -0.494 e. The second-order valence-electron chi connectivity index (χ2n) is 8.76. The lowest BCUT2D eigenvalue weighted by molar-refractivity contribution is 0.117. The van der Waals surface area contributed by atoms with Crippen molar-refractivity contribution in [2.45, 2.75) is 51.7 Å². The van der Waals surface area contributed by atoms with Crippen molar-refractivity contribution in [2.75, 3.05) is 31.7 Å². The van der Waals surface area contributed by atoms with E-state index in [1.807, 2.05) is 74.5 Å². The summed E-state index contributed by atoms with van der Waals surface area (Å²) in [7, 11) is 0. The highest BCUT2D eigenvalue weighted by Crippen LogP contribution is 2.18. The predicted molar refractivity (Wildman–Crippen MR) is 144 cm³/mol. The molecule has 3 rings (SSSR count). The van der Waals surface area contributed by atoms with Crippen molar-refractivity contribution in [3.05, 3.63) is 83.9 Å². The Bertz CT molecular complexity index is 907. The summed E-state index contributed by atoms with van der Waals surface area (Å²) in [5.74, 6) is 2.42. The van der Waals surface area contributed by atoms with Crippen LogP contribution in [-0.4, -0.2) is 48.8 Å². The zero-order valence-electron chi connectivity index (χ0n) is 21.4. The van der Waals surface area contributed by atoms with Gasteiger partial charge >= 0.3 is 0 Å². The number of nitrogens with one attached hydrogen (secondary N) is 1. The number of benzene rings is 3. The third-order valence-corrected chi connectivity index (χ3v) is 5.84. The van der Waals surface area contributed by atoms with Gasteiger partial charge in [-0.2, -0.15) is 0 Å². The molecule has 0 amide bonds. The molecule has 0 spiro atoms. The van der Waals surface area contributed by atoms with Gasteiger partial charge in [0.25, 0.3) is 0 Å². The monoisotopic (exact) mass is 493 g/mol. The number of rotatable bonds is 16. The molecule has 0 radical (unpaired) electrons. The van der Waals surface area contributed by atoms with Crippen molar-refractivity contribution in [3.8, 4) is 17.2 Å². The summed E-state index contributed by atoms with van der Waals surface area (Å²) < 4.78 is 16.6. The van der Waals surface area contributed by atoms with Crippen LogP contribution in [0.15, 0.2) is 72.8 Å². The van der Waals surface area contributed by atoms with Crippen LogP contribution in [-0.2, 0) is 12.8 Å². The van der Waals surface area contributed by atoms with Gasteiger partial charge in [0.05, 0.1) is 19.3 Å². The average Bonchev–Trinajstić information content (AvgIpc) is 2.91. The van der Waals surface area contributed by atoms with Crippen LogP contribution in [0.5, 0.6) is 17.2 Å². The molecule has 2 unspecified atom stereocenters. The normalized spacial score (nSPS) is 12.6. The smallest absolute Gasteiger partial charge is 0.119 e. The van der Waals surface area contributed by atoms with E-state index in [2.05, 4.69) is 17.4 Å². The summed E-state index contributed by atoms with van der Waals surface area (Å²) in [6.07, 6.45) is 2.12. The Hall–Kier alpha value is -3.22. The van der Waals surface area contributed by atoms with Gasteiger partial charge < -0.3 is 29.7 Å². The molecular formula is C30H39NO5. The van der Waals surface area contributed by atoms with Crippen LogP contribution in [0.25, 0.3) is 0 Å². The lowest BCUT2D eigenvalue weighted by atomic mass is 10.0. The second kappa shape index (κ2) is 15.0. The van der Waals surface area contributed by atoms with E-state index in [1.54, 1.807) is 0 Å². The minimum atomic E-state index is -0.637. The number of aliphatic hydroxyl groups is 2. The van der Waals surface area contributed by atoms with Gasteiger partial charge in [-0.15, -0.1) is 0 Å². The van der Waals surface area contributed by atoms with E-state index in [-0.39, 0.29) is 12.7 Å². The standard InChI is InChI=1S/C30H39NO5/c1-3-34-28-15-7-23(8-16-28)5-13-26(32)14-6-24-9-17-30(18-10-24)36-22-27(33)21-31-25-11-19-29(20-12-25)35-4-2/h7-12,15-20,26-27,31-33H,3-6,13-14,21-22H2,1-2H3. The van der Waals surface area contributed by atoms with Gasteiger partial charge in [-0.05, 0) is 99.2 Å². The third-order valence-electron chi connectivity index (χ3n) is 5.84. The van der Waals surface area contributed by atoms with Gasteiger partial charge in [0.2, 0.25) is 0 Å². The molecule has 0 aliphatic heterocycles. The lowest BCUT2D eigenvalue weighted by Gasteiger charge is -2.15. The fourth-order valence-electron chi connectivity index (χ4n) is 3.80. The predicted octanol–water partition coefficient (Wildman–Crippen LogP) is 5.26. The Kier molecular flexibility index (Phi) is 11.4. The molecule has 3 N–H and O–H groups in total. The van der Waals surface area contributed by atoms with E-state index in [0.717, 1.165) is 47.8 Å². The average molecular weight is 494 g/mol. The molecule has 3 aromatic carbocycles. The summed E-state index contributed by atoms with van der Waals surface area (Å²) in [5.41, 5.74) is 3.28. The molecule has 2 atom stereocenters. The summed E-state index contributed by atoms with van der Waals surface area (Å²) >= 11 is 0. The summed E-state index contributed by atoms with van der Waals surface area (Å²) in [6.45, 7) is 5.81. The highest BCUT2D eigenvalue weighted by molar-refractivity contribution is 5.46. The molecule has 0 bridgehead atoms. The van der Waals surface area contributed by atoms with Gasteiger partial charge in [0.15, 0.2) is 0 Å². The SMILES string of the molecule is CCOc1ccc(CCC(O)CCc2ccc(OCC(O)CNc3ccc(OCC)cc3)cc2)cc1. The molecule has 0 heterocycles. The molecule has 6 nitrogen and oxygen atoms in total. The fraction of sp³-hybridized carbons (Fsp3) is 0.400. The van der Waals surface area contributed by atoms with Crippen LogP contribution >= 0.6 is 0 Å². The van der Waals surface area contributed by atoms with E-state index in [9.17, 15) is 10.2 Å². The molecule has 6 heteroatoms. The largest absolute Gasteiger partial charge is 0.494 e. The second-order valence-corrected chi connectivity index (χ2v) is 8.76. The van der Waals surface area contributed by atoms with Crippen molar-refractivity contribution < 1.29 is 24.4 Å². The van der Waals surface area contributed by atoms with E-state index in [1.165, 1.54) is 5.56 Å². The zero-order valence-corrected chi connectivity index (χ0v) is 21.4. The van der Waals surface area contributed by atoms with Crippen LogP contribution in [0.4, 0.5) is 5.69 Å². The maximum atomic E-state index is 10.4.